The third kappa shape index (κ3) is 3.02. The minimum atomic E-state index is -1.03. The zero-order chi connectivity index (χ0) is 18.3. The van der Waals surface area contributed by atoms with Gasteiger partial charge in [-0.1, -0.05) is 12.1 Å². The van der Waals surface area contributed by atoms with Gasteiger partial charge in [-0.3, -0.25) is 0 Å². The van der Waals surface area contributed by atoms with Crippen LogP contribution >= 0.6 is 0 Å². The second-order valence-electron chi connectivity index (χ2n) is 5.81. The van der Waals surface area contributed by atoms with Crippen LogP contribution in [0.2, 0.25) is 0 Å². The third-order valence-corrected chi connectivity index (χ3v) is 4.12. The maximum absolute atomic E-state index is 14.5. The zero-order valence-corrected chi connectivity index (χ0v) is 13.4. The first-order valence-corrected chi connectivity index (χ1v) is 7.50. The lowest BCUT2D eigenvalue weighted by molar-refractivity contribution is 0.566. The molecule has 25 heavy (non-hydrogen) atoms. The third-order valence-electron chi connectivity index (χ3n) is 4.12. The van der Waals surface area contributed by atoms with Gasteiger partial charge in [0.1, 0.15) is 29.1 Å². The van der Waals surface area contributed by atoms with Crippen molar-refractivity contribution in [3.05, 3.63) is 82.7 Å². The van der Waals surface area contributed by atoms with Crippen molar-refractivity contribution in [1.29, 1.82) is 0 Å². The van der Waals surface area contributed by atoms with Crippen LogP contribution in [0.15, 0.2) is 42.5 Å². The Kier molecular flexibility index (Phi) is 4.33. The molecule has 0 aliphatic rings. The number of hydrogen-bond acceptors (Lipinski definition) is 0. The van der Waals surface area contributed by atoms with E-state index < -0.39 is 34.6 Å². The first kappa shape index (κ1) is 17.1. The maximum atomic E-state index is 14.5. The molecule has 0 aliphatic carbocycles. The van der Waals surface area contributed by atoms with E-state index in [9.17, 15) is 22.0 Å². The molecule has 128 valence electrons. The average Bonchev–Trinajstić information content (AvgIpc) is 2.51. The fraction of sp³-hybridized carbons (Fsp3) is 0.100. The standard InChI is InChI=1S/C20H13F5/c1-10-4-3-5-14(21)19(10)12-8-17(24)20(18(25)9-12)13-6-15(22)11(2)16(23)7-13/h3-9H,1-2H3. The normalized spacial score (nSPS) is 11.0. The van der Waals surface area contributed by atoms with Crippen LogP contribution in [0.4, 0.5) is 22.0 Å². The number of halogens is 5. The van der Waals surface area contributed by atoms with Gasteiger partial charge in [-0.05, 0) is 60.9 Å². The van der Waals surface area contributed by atoms with Gasteiger partial charge in [-0.25, -0.2) is 22.0 Å². The predicted octanol–water partition coefficient (Wildman–Crippen LogP) is 6.33. The van der Waals surface area contributed by atoms with Crippen LogP contribution in [0.5, 0.6) is 0 Å². The van der Waals surface area contributed by atoms with Crippen molar-refractivity contribution in [2.75, 3.05) is 0 Å². The van der Waals surface area contributed by atoms with Crippen molar-refractivity contribution in [3.8, 4) is 22.3 Å². The van der Waals surface area contributed by atoms with E-state index in [1.165, 1.54) is 19.1 Å². The summed E-state index contributed by atoms with van der Waals surface area (Å²) in [5.41, 5.74) is -0.444. The van der Waals surface area contributed by atoms with Gasteiger partial charge >= 0.3 is 0 Å². The Balaban J connectivity index is 2.20. The van der Waals surface area contributed by atoms with Gasteiger partial charge in [0.25, 0.3) is 0 Å². The van der Waals surface area contributed by atoms with Crippen molar-refractivity contribution in [3.63, 3.8) is 0 Å². The Morgan fingerprint density at radius 3 is 1.56 bits per heavy atom. The SMILES string of the molecule is Cc1cccc(F)c1-c1cc(F)c(-c2cc(F)c(C)c(F)c2)c(F)c1. The molecule has 0 N–H and O–H groups in total. The van der Waals surface area contributed by atoms with E-state index in [0.29, 0.717) is 5.56 Å². The Morgan fingerprint density at radius 1 is 0.560 bits per heavy atom. The Bertz CT molecular complexity index is 910. The molecule has 3 aromatic carbocycles. The minimum Gasteiger partial charge on any atom is -0.207 e. The molecule has 0 aliphatic heterocycles. The molecule has 3 rings (SSSR count). The van der Waals surface area contributed by atoms with Crippen molar-refractivity contribution in [2.45, 2.75) is 13.8 Å². The highest BCUT2D eigenvalue weighted by Crippen LogP contribution is 2.34. The van der Waals surface area contributed by atoms with E-state index in [1.807, 2.05) is 0 Å². The van der Waals surface area contributed by atoms with E-state index in [0.717, 1.165) is 24.3 Å². The molecule has 0 unspecified atom stereocenters. The van der Waals surface area contributed by atoms with Crippen molar-refractivity contribution >= 4 is 0 Å². The monoisotopic (exact) mass is 348 g/mol. The molecule has 3 aromatic rings. The lowest BCUT2D eigenvalue weighted by atomic mass is 9.95. The van der Waals surface area contributed by atoms with Gasteiger partial charge in [0, 0.05) is 11.1 Å². The van der Waals surface area contributed by atoms with Gasteiger partial charge in [0.15, 0.2) is 0 Å². The fourth-order valence-corrected chi connectivity index (χ4v) is 2.78. The predicted molar refractivity (Wildman–Crippen MR) is 86.6 cm³/mol. The highest BCUT2D eigenvalue weighted by Gasteiger charge is 2.19. The maximum Gasteiger partial charge on any atom is 0.134 e. The van der Waals surface area contributed by atoms with Crippen molar-refractivity contribution < 1.29 is 22.0 Å². The first-order chi connectivity index (χ1) is 11.8. The quantitative estimate of drug-likeness (QED) is 0.475. The number of rotatable bonds is 2. The molecule has 0 bridgehead atoms. The van der Waals surface area contributed by atoms with E-state index in [1.54, 1.807) is 13.0 Å². The van der Waals surface area contributed by atoms with E-state index >= 15 is 0 Å². The molecule has 0 saturated carbocycles. The van der Waals surface area contributed by atoms with Crippen LogP contribution in [0, 0.1) is 42.9 Å². The molecular weight excluding hydrogens is 335 g/mol. The summed E-state index contributed by atoms with van der Waals surface area (Å²) >= 11 is 0. The first-order valence-electron chi connectivity index (χ1n) is 7.50. The molecule has 0 radical (unpaired) electrons. The van der Waals surface area contributed by atoms with E-state index in [4.69, 9.17) is 0 Å². The van der Waals surface area contributed by atoms with Crippen LogP contribution < -0.4 is 0 Å². The average molecular weight is 348 g/mol. The van der Waals surface area contributed by atoms with Gasteiger partial charge in [-0.2, -0.15) is 0 Å². The number of aryl methyl sites for hydroxylation is 1. The van der Waals surface area contributed by atoms with Crippen molar-refractivity contribution in [1.82, 2.24) is 0 Å². The summed E-state index contributed by atoms with van der Waals surface area (Å²) in [4.78, 5) is 0. The van der Waals surface area contributed by atoms with E-state index in [2.05, 4.69) is 0 Å². The van der Waals surface area contributed by atoms with Crippen LogP contribution in [-0.2, 0) is 0 Å². The minimum absolute atomic E-state index is 0.0161. The van der Waals surface area contributed by atoms with Gasteiger partial charge in [-0.15, -0.1) is 0 Å². The second-order valence-corrected chi connectivity index (χ2v) is 5.81. The summed E-state index contributed by atoms with van der Waals surface area (Å²) in [7, 11) is 0. The molecule has 0 amide bonds. The number of hydrogen-bond donors (Lipinski definition) is 0. The highest BCUT2D eigenvalue weighted by molar-refractivity contribution is 5.74. The Hall–Kier alpha value is -2.69. The summed E-state index contributed by atoms with van der Waals surface area (Å²) in [5, 5.41) is 0. The van der Waals surface area contributed by atoms with Crippen LogP contribution in [0.3, 0.4) is 0 Å². The smallest absolute Gasteiger partial charge is 0.134 e. The summed E-state index contributed by atoms with van der Waals surface area (Å²) < 4.78 is 70.4. The molecule has 5 heteroatoms. The highest BCUT2D eigenvalue weighted by atomic mass is 19.1. The molecule has 0 fully saturated rings. The Labute approximate surface area is 141 Å². The zero-order valence-electron chi connectivity index (χ0n) is 13.4. The molecule has 0 saturated heterocycles. The molecule has 0 spiro atoms. The molecule has 0 atom stereocenters. The summed E-state index contributed by atoms with van der Waals surface area (Å²) in [6, 6.07) is 7.96. The molecule has 0 aromatic heterocycles. The lowest BCUT2D eigenvalue weighted by Crippen LogP contribution is -1.97. The van der Waals surface area contributed by atoms with Gasteiger partial charge < -0.3 is 0 Å². The summed E-state index contributed by atoms with van der Waals surface area (Å²) in [6.07, 6.45) is 0. The lowest BCUT2D eigenvalue weighted by Gasteiger charge is -2.12. The van der Waals surface area contributed by atoms with E-state index in [-0.39, 0.29) is 22.3 Å². The topological polar surface area (TPSA) is 0 Å². The Morgan fingerprint density at radius 2 is 1.04 bits per heavy atom. The number of benzene rings is 3. The summed E-state index contributed by atoms with van der Waals surface area (Å²) in [6.45, 7) is 2.85. The molecular formula is C20H13F5. The van der Waals surface area contributed by atoms with Crippen LogP contribution in [0.25, 0.3) is 22.3 Å². The van der Waals surface area contributed by atoms with Crippen LogP contribution in [0.1, 0.15) is 11.1 Å². The molecule has 0 nitrogen and oxygen atoms in total. The van der Waals surface area contributed by atoms with Crippen molar-refractivity contribution in [2.24, 2.45) is 0 Å². The molecule has 0 heterocycles. The second kappa shape index (κ2) is 6.31. The van der Waals surface area contributed by atoms with Gasteiger partial charge in [0.2, 0.25) is 0 Å². The fourth-order valence-electron chi connectivity index (χ4n) is 2.78. The van der Waals surface area contributed by atoms with Crippen LogP contribution in [-0.4, -0.2) is 0 Å². The largest absolute Gasteiger partial charge is 0.207 e. The van der Waals surface area contributed by atoms with Gasteiger partial charge in [0.05, 0.1) is 5.56 Å². The summed E-state index contributed by atoms with van der Waals surface area (Å²) in [5.74, 6) is -4.47.